The van der Waals surface area contributed by atoms with E-state index in [9.17, 15) is 8.42 Å². The Bertz CT molecular complexity index is 1080. The van der Waals surface area contributed by atoms with Gasteiger partial charge < -0.3 is 0 Å². The lowest BCUT2D eigenvalue weighted by molar-refractivity contribution is 0.566. The van der Waals surface area contributed by atoms with Gasteiger partial charge in [0, 0.05) is 17.9 Å². The van der Waals surface area contributed by atoms with E-state index in [0.717, 1.165) is 22.6 Å². The van der Waals surface area contributed by atoms with Crippen molar-refractivity contribution >= 4 is 21.6 Å². The van der Waals surface area contributed by atoms with Crippen LogP contribution in [0.1, 0.15) is 35.5 Å². The van der Waals surface area contributed by atoms with E-state index in [4.69, 9.17) is 11.6 Å². The molecule has 3 aromatic rings. The molecular formula is C19H21ClN4O2S. The van der Waals surface area contributed by atoms with Gasteiger partial charge in [-0.3, -0.25) is 0 Å². The number of pyridine rings is 1. The van der Waals surface area contributed by atoms with Crippen molar-refractivity contribution in [2.24, 2.45) is 0 Å². The molecule has 3 rings (SSSR count). The maximum Gasteiger partial charge on any atom is 0.242 e. The molecule has 8 heteroatoms. The van der Waals surface area contributed by atoms with Crippen molar-refractivity contribution in [1.82, 2.24) is 19.5 Å². The Labute approximate surface area is 164 Å². The summed E-state index contributed by atoms with van der Waals surface area (Å²) >= 11 is 5.88. The van der Waals surface area contributed by atoms with Crippen molar-refractivity contribution in [2.45, 2.75) is 38.6 Å². The van der Waals surface area contributed by atoms with E-state index >= 15 is 0 Å². The van der Waals surface area contributed by atoms with Crippen molar-refractivity contribution in [2.75, 3.05) is 0 Å². The van der Waals surface area contributed by atoms with Gasteiger partial charge in [-0.15, -0.1) is 0 Å². The number of hydrogen-bond donors (Lipinski definition) is 1. The van der Waals surface area contributed by atoms with Gasteiger partial charge in [-0.2, -0.15) is 5.10 Å². The van der Waals surface area contributed by atoms with Crippen molar-refractivity contribution < 1.29 is 8.42 Å². The summed E-state index contributed by atoms with van der Waals surface area (Å²) in [6.07, 6.45) is 1.26. The monoisotopic (exact) mass is 404 g/mol. The minimum absolute atomic E-state index is 0.0931. The summed E-state index contributed by atoms with van der Waals surface area (Å²) in [5.74, 6) is 0. The number of halogens is 1. The maximum absolute atomic E-state index is 12.6. The molecule has 0 saturated carbocycles. The molecule has 1 aromatic carbocycles. The van der Waals surface area contributed by atoms with Crippen LogP contribution in [0.4, 0.5) is 0 Å². The Kier molecular flexibility index (Phi) is 5.37. The van der Waals surface area contributed by atoms with Gasteiger partial charge in [0.2, 0.25) is 10.0 Å². The van der Waals surface area contributed by atoms with Crippen LogP contribution in [0.2, 0.25) is 5.15 Å². The molecule has 0 aliphatic carbocycles. The van der Waals surface area contributed by atoms with Crippen LogP contribution in [0.25, 0.3) is 5.69 Å². The molecule has 0 saturated heterocycles. The molecule has 1 N–H and O–H groups in total. The van der Waals surface area contributed by atoms with Gasteiger partial charge in [0.15, 0.2) is 0 Å². The molecule has 0 spiro atoms. The lowest BCUT2D eigenvalue weighted by Gasteiger charge is -2.15. The number of aromatic nitrogens is 3. The van der Waals surface area contributed by atoms with Crippen LogP contribution in [0, 0.1) is 20.8 Å². The summed E-state index contributed by atoms with van der Waals surface area (Å²) in [7, 11) is -3.70. The minimum atomic E-state index is -3.70. The molecule has 0 aliphatic heterocycles. The highest BCUT2D eigenvalue weighted by molar-refractivity contribution is 7.89. The molecule has 142 valence electrons. The quantitative estimate of drug-likeness (QED) is 0.654. The third kappa shape index (κ3) is 4.21. The molecule has 0 unspecified atom stereocenters. The van der Waals surface area contributed by atoms with Crippen molar-refractivity contribution in [3.8, 4) is 5.69 Å². The number of hydrogen-bond acceptors (Lipinski definition) is 4. The van der Waals surface area contributed by atoms with Gasteiger partial charge >= 0.3 is 0 Å². The zero-order chi connectivity index (χ0) is 19.8. The van der Waals surface area contributed by atoms with Crippen LogP contribution in [0.5, 0.6) is 0 Å². The number of benzene rings is 1. The number of rotatable bonds is 5. The summed E-state index contributed by atoms with van der Waals surface area (Å²) in [5, 5.41) is 4.75. The first kappa shape index (κ1) is 19.5. The molecule has 0 radical (unpaired) electrons. The van der Waals surface area contributed by atoms with Crippen molar-refractivity contribution in [3.05, 3.63) is 70.3 Å². The average Bonchev–Trinajstić information content (AvgIpc) is 2.95. The van der Waals surface area contributed by atoms with E-state index in [1.807, 2.05) is 48.9 Å². The minimum Gasteiger partial charge on any atom is -0.243 e. The average molecular weight is 405 g/mol. The summed E-state index contributed by atoms with van der Waals surface area (Å²) in [6.45, 7) is 7.45. The first-order chi connectivity index (χ1) is 12.7. The van der Waals surface area contributed by atoms with E-state index < -0.39 is 16.1 Å². The fourth-order valence-electron chi connectivity index (χ4n) is 2.84. The number of aryl methyl sites for hydroxylation is 3. The number of sulfonamides is 1. The highest BCUT2D eigenvalue weighted by Crippen LogP contribution is 2.21. The SMILES string of the molecule is Cc1cc(C)n(-c2ccc([C@H](C)NS(=O)(=O)c3cnc(Cl)c(C)c3)cc2)n1. The van der Waals surface area contributed by atoms with E-state index in [1.54, 1.807) is 13.8 Å². The van der Waals surface area contributed by atoms with Crippen LogP contribution >= 0.6 is 11.6 Å². The molecule has 0 fully saturated rings. The van der Waals surface area contributed by atoms with Crippen LogP contribution in [-0.2, 0) is 10.0 Å². The van der Waals surface area contributed by atoms with Crippen LogP contribution in [0.15, 0.2) is 47.5 Å². The van der Waals surface area contributed by atoms with E-state index in [-0.39, 0.29) is 4.90 Å². The molecule has 0 aliphatic rings. The first-order valence-corrected chi connectivity index (χ1v) is 10.3. The molecule has 27 heavy (non-hydrogen) atoms. The topological polar surface area (TPSA) is 76.9 Å². The van der Waals surface area contributed by atoms with Gasteiger partial charge in [0.25, 0.3) is 0 Å². The molecule has 6 nitrogen and oxygen atoms in total. The van der Waals surface area contributed by atoms with Gasteiger partial charge in [0.1, 0.15) is 10.0 Å². The maximum atomic E-state index is 12.6. The van der Waals surface area contributed by atoms with Gasteiger partial charge in [-0.1, -0.05) is 23.7 Å². The third-order valence-corrected chi connectivity index (χ3v) is 6.18. The van der Waals surface area contributed by atoms with E-state index in [1.165, 1.54) is 12.3 Å². The molecule has 1 atom stereocenters. The standard InChI is InChI=1S/C19H21ClN4O2S/c1-12-9-18(11-21-19(12)20)27(25,26)23-15(4)16-5-7-17(8-6-16)24-14(3)10-13(2)22-24/h5-11,15,23H,1-4H3/t15-/m0/s1. The van der Waals surface area contributed by atoms with Gasteiger partial charge in [0.05, 0.1) is 11.4 Å². The van der Waals surface area contributed by atoms with Gasteiger partial charge in [-0.05, 0) is 63.1 Å². The summed E-state index contributed by atoms with van der Waals surface area (Å²) in [4.78, 5) is 4.01. The Morgan fingerprint density at radius 1 is 1.11 bits per heavy atom. The van der Waals surface area contributed by atoms with Gasteiger partial charge in [-0.25, -0.2) is 22.8 Å². The predicted molar refractivity (Wildman–Crippen MR) is 106 cm³/mol. The van der Waals surface area contributed by atoms with Crippen molar-refractivity contribution in [3.63, 3.8) is 0 Å². The summed E-state index contributed by atoms with van der Waals surface area (Å²) in [6, 6.07) is 10.7. The fourth-order valence-corrected chi connectivity index (χ4v) is 4.21. The smallest absolute Gasteiger partial charge is 0.242 e. The van der Waals surface area contributed by atoms with E-state index in [0.29, 0.717) is 10.7 Å². The molecule has 2 heterocycles. The second-order valence-electron chi connectivity index (χ2n) is 6.55. The molecule has 0 bridgehead atoms. The zero-order valence-electron chi connectivity index (χ0n) is 15.6. The highest BCUT2D eigenvalue weighted by Gasteiger charge is 2.20. The second-order valence-corrected chi connectivity index (χ2v) is 8.62. The van der Waals surface area contributed by atoms with Crippen molar-refractivity contribution in [1.29, 1.82) is 0 Å². The normalized spacial score (nSPS) is 12.9. The Hall–Kier alpha value is -2.22. The Balaban J connectivity index is 1.80. The predicted octanol–water partition coefficient (Wildman–Crippen LogP) is 3.89. The lowest BCUT2D eigenvalue weighted by Crippen LogP contribution is -2.27. The number of nitrogens with zero attached hydrogens (tertiary/aromatic N) is 3. The molecule has 0 amide bonds. The Morgan fingerprint density at radius 2 is 1.78 bits per heavy atom. The zero-order valence-corrected chi connectivity index (χ0v) is 17.1. The summed E-state index contributed by atoms with van der Waals surface area (Å²) < 4.78 is 29.7. The second kappa shape index (κ2) is 7.42. The lowest BCUT2D eigenvalue weighted by atomic mass is 10.1. The van der Waals surface area contributed by atoms with Crippen LogP contribution < -0.4 is 4.72 Å². The van der Waals surface area contributed by atoms with Crippen LogP contribution in [-0.4, -0.2) is 23.2 Å². The Morgan fingerprint density at radius 3 is 2.33 bits per heavy atom. The summed E-state index contributed by atoms with van der Waals surface area (Å²) in [5.41, 5.74) is 4.38. The fraction of sp³-hybridized carbons (Fsp3) is 0.263. The molecule has 2 aromatic heterocycles. The highest BCUT2D eigenvalue weighted by atomic mass is 35.5. The molecular weight excluding hydrogens is 384 g/mol. The third-order valence-electron chi connectivity index (χ3n) is 4.28. The van der Waals surface area contributed by atoms with Crippen LogP contribution in [0.3, 0.4) is 0 Å². The number of nitrogens with one attached hydrogen (secondary N) is 1. The largest absolute Gasteiger partial charge is 0.243 e. The van der Waals surface area contributed by atoms with E-state index in [2.05, 4.69) is 14.8 Å². The first-order valence-electron chi connectivity index (χ1n) is 8.45.